The molecule has 1 N–H and O–H groups in total. The number of nitrogens with one attached hydrogen (secondary N) is 1. The minimum Gasteiger partial charge on any atom is -0.377 e. The molecule has 16 heavy (non-hydrogen) atoms. The van der Waals surface area contributed by atoms with E-state index in [1.807, 2.05) is 0 Å². The van der Waals surface area contributed by atoms with Crippen LogP contribution in [0.4, 0.5) is 0 Å². The lowest BCUT2D eigenvalue weighted by Crippen LogP contribution is -2.32. The molecule has 1 aliphatic rings. The van der Waals surface area contributed by atoms with E-state index >= 15 is 0 Å². The summed E-state index contributed by atoms with van der Waals surface area (Å²) < 4.78 is 5.54. The predicted octanol–water partition coefficient (Wildman–Crippen LogP) is 3.36. The van der Waals surface area contributed by atoms with E-state index in [2.05, 4.69) is 26.1 Å². The first-order valence-corrected chi connectivity index (χ1v) is 7.07. The van der Waals surface area contributed by atoms with Gasteiger partial charge in [0.1, 0.15) is 0 Å². The Morgan fingerprint density at radius 1 is 1.19 bits per heavy atom. The molecule has 1 fully saturated rings. The third kappa shape index (κ3) is 5.86. The van der Waals surface area contributed by atoms with Crippen LogP contribution in [0.3, 0.4) is 0 Å². The highest BCUT2D eigenvalue weighted by atomic mass is 16.5. The van der Waals surface area contributed by atoms with Gasteiger partial charge in [-0.2, -0.15) is 0 Å². The molecule has 2 atom stereocenters. The highest BCUT2D eigenvalue weighted by molar-refractivity contribution is 4.74. The van der Waals surface area contributed by atoms with Crippen molar-refractivity contribution in [2.45, 2.75) is 71.4 Å². The lowest BCUT2D eigenvalue weighted by molar-refractivity contribution is 0.0790. The molecule has 2 heteroatoms. The van der Waals surface area contributed by atoms with Crippen molar-refractivity contribution in [2.24, 2.45) is 5.92 Å². The maximum Gasteiger partial charge on any atom is 0.0594 e. The summed E-state index contributed by atoms with van der Waals surface area (Å²) in [5, 5.41) is 3.64. The number of rotatable bonds is 6. The van der Waals surface area contributed by atoms with E-state index in [-0.39, 0.29) is 0 Å². The van der Waals surface area contributed by atoms with Crippen LogP contribution in [-0.4, -0.2) is 25.3 Å². The fourth-order valence-electron chi connectivity index (χ4n) is 2.55. The Kier molecular flexibility index (Phi) is 7.06. The minimum atomic E-state index is 0.361. The minimum absolute atomic E-state index is 0.361. The van der Waals surface area contributed by atoms with Crippen molar-refractivity contribution in [3.63, 3.8) is 0 Å². The summed E-state index contributed by atoms with van der Waals surface area (Å²) in [4.78, 5) is 0. The molecule has 96 valence electrons. The molecule has 1 rings (SSSR count). The first-order chi connectivity index (χ1) is 7.72. The third-order valence-corrected chi connectivity index (χ3v) is 3.65. The largest absolute Gasteiger partial charge is 0.377 e. The van der Waals surface area contributed by atoms with Gasteiger partial charge in [-0.25, -0.2) is 0 Å². The Hall–Kier alpha value is -0.0800. The van der Waals surface area contributed by atoms with Crippen LogP contribution in [0.1, 0.15) is 59.3 Å². The molecule has 0 heterocycles. The highest BCUT2D eigenvalue weighted by Gasteiger charge is 2.16. The first kappa shape index (κ1) is 14.0. The molecule has 2 nitrogen and oxygen atoms in total. The van der Waals surface area contributed by atoms with Crippen LogP contribution < -0.4 is 5.32 Å². The molecule has 0 aliphatic heterocycles. The Balaban J connectivity index is 2.08. The lowest BCUT2D eigenvalue weighted by atomic mass is 9.98. The van der Waals surface area contributed by atoms with E-state index in [9.17, 15) is 0 Å². The van der Waals surface area contributed by atoms with Crippen molar-refractivity contribution in [3.05, 3.63) is 0 Å². The third-order valence-electron chi connectivity index (χ3n) is 3.65. The van der Waals surface area contributed by atoms with Gasteiger partial charge in [-0.1, -0.05) is 26.2 Å². The molecule has 0 amide bonds. The van der Waals surface area contributed by atoms with Gasteiger partial charge in [0.2, 0.25) is 0 Å². The molecule has 2 unspecified atom stereocenters. The van der Waals surface area contributed by atoms with Gasteiger partial charge < -0.3 is 10.1 Å². The van der Waals surface area contributed by atoms with Crippen LogP contribution in [0.25, 0.3) is 0 Å². The Morgan fingerprint density at radius 2 is 2.00 bits per heavy atom. The van der Waals surface area contributed by atoms with Crippen molar-refractivity contribution < 1.29 is 4.74 Å². The van der Waals surface area contributed by atoms with Gasteiger partial charge >= 0.3 is 0 Å². The van der Waals surface area contributed by atoms with Gasteiger partial charge in [-0.3, -0.25) is 0 Å². The standard InChI is InChI=1S/C14H29NO/c1-4-13-6-5-7-14(9-8-13)15-10-11-16-12(2)3/h12-15H,4-11H2,1-3H3. The molecular formula is C14H29NO. The summed E-state index contributed by atoms with van der Waals surface area (Å²) in [5.41, 5.74) is 0. The molecule has 0 bridgehead atoms. The normalized spacial score (nSPS) is 27.0. The maximum absolute atomic E-state index is 5.54. The molecule has 0 saturated heterocycles. The van der Waals surface area contributed by atoms with Crippen LogP contribution in [0, 0.1) is 5.92 Å². The van der Waals surface area contributed by atoms with Crippen molar-refractivity contribution in [2.75, 3.05) is 13.2 Å². The fourth-order valence-corrected chi connectivity index (χ4v) is 2.55. The number of hydrogen-bond acceptors (Lipinski definition) is 2. The molecule has 0 aromatic rings. The molecule has 1 saturated carbocycles. The van der Waals surface area contributed by atoms with E-state index in [1.165, 1.54) is 38.5 Å². The van der Waals surface area contributed by atoms with Gasteiger partial charge in [0.15, 0.2) is 0 Å². The average Bonchev–Trinajstić information content (AvgIpc) is 2.49. The van der Waals surface area contributed by atoms with Crippen molar-refractivity contribution in [1.82, 2.24) is 5.32 Å². The second-order valence-corrected chi connectivity index (χ2v) is 5.35. The van der Waals surface area contributed by atoms with Crippen LogP contribution in [0.5, 0.6) is 0 Å². The molecule has 0 radical (unpaired) electrons. The smallest absolute Gasteiger partial charge is 0.0594 e. The lowest BCUT2D eigenvalue weighted by Gasteiger charge is -2.17. The molecular weight excluding hydrogens is 198 g/mol. The summed E-state index contributed by atoms with van der Waals surface area (Å²) in [6, 6.07) is 0.743. The quantitative estimate of drug-likeness (QED) is 0.555. The van der Waals surface area contributed by atoms with E-state index in [0.29, 0.717) is 6.10 Å². The van der Waals surface area contributed by atoms with Gasteiger partial charge in [0.25, 0.3) is 0 Å². The van der Waals surface area contributed by atoms with Crippen molar-refractivity contribution in [1.29, 1.82) is 0 Å². The van der Waals surface area contributed by atoms with Crippen molar-refractivity contribution >= 4 is 0 Å². The number of hydrogen-bond donors (Lipinski definition) is 1. The summed E-state index contributed by atoms with van der Waals surface area (Å²) in [6.45, 7) is 8.38. The zero-order valence-corrected chi connectivity index (χ0v) is 11.3. The topological polar surface area (TPSA) is 21.3 Å². The maximum atomic E-state index is 5.54. The van der Waals surface area contributed by atoms with E-state index in [4.69, 9.17) is 4.74 Å². The van der Waals surface area contributed by atoms with Crippen molar-refractivity contribution in [3.8, 4) is 0 Å². The van der Waals surface area contributed by atoms with Gasteiger partial charge in [-0.05, 0) is 39.0 Å². The second-order valence-electron chi connectivity index (χ2n) is 5.35. The van der Waals surface area contributed by atoms with Crippen LogP contribution >= 0.6 is 0 Å². The summed E-state index contributed by atoms with van der Waals surface area (Å²) >= 11 is 0. The average molecular weight is 227 g/mol. The van der Waals surface area contributed by atoms with Crippen LogP contribution in [0.2, 0.25) is 0 Å². The SMILES string of the molecule is CCC1CCCC(NCCOC(C)C)CC1. The molecule has 1 aliphatic carbocycles. The van der Waals surface area contributed by atoms with Gasteiger partial charge in [0.05, 0.1) is 12.7 Å². The van der Waals surface area contributed by atoms with Crippen LogP contribution in [0.15, 0.2) is 0 Å². The zero-order valence-electron chi connectivity index (χ0n) is 11.3. The van der Waals surface area contributed by atoms with Crippen LogP contribution in [-0.2, 0) is 4.74 Å². The highest BCUT2D eigenvalue weighted by Crippen LogP contribution is 2.25. The van der Waals surface area contributed by atoms with E-state index in [0.717, 1.165) is 25.1 Å². The Labute approximate surface area is 101 Å². The summed E-state index contributed by atoms with van der Waals surface area (Å²) in [7, 11) is 0. The molecule has 0 spiro atoms. The van der Waals surface area contributed by atoms with E-state index < -0.39 is 0 Å². The number of ether oxygens (including phenoxy) is 1. The molecule has 0 aromatic heterocycles. The van der Waals surface area contributed by atoms with E-state index in [1.54, 1.807) is 0 Å². The Morgan fingerprint density at radius 3 is 2.69 bits per heavy atom. The predicted molar refractivity (Wildman–Crippen MR) is 69.7 cm³/mol. The second kappa shape index (κ2) is 8.08. The van der Waals surface area contributed by atoms with Gasteiger partial charge in [-0.15, -0.1) is 0 Å². The zero-order chi connectivity index (χ0) is 11.8. The summed E-state index contributed by atoms with van der Waals surface area (Å²) in [5.74, 6) is 0.985. The molecule has 0 aromatic carbocycles. The summed E-state index contributed by atoms with van der Waals surface area (Å²) in [6.07, 6.45) is 8.71. The first-order valence-electron chi connectivity index (χ1n) is 7.07. The Bertz CT molecular complexity index is 170. The van der Waals surface area contributed by atoms with Gasteiger partial charge in [0, 0.05) is 12.6 Å². The fraction of sp³-hybridized carbons (Fsp3) is 1.00. The monoisotopic (exact) mass is 227 g/mol.